The number of carbonyl (C=O) groups excluding carboxylic acids is 6. The Bertz CT molecular complexity index is 4480. The van der Waals surface area contributed by atoms with Gasteiger partial charge < -0.3 is 71.4 Å². The van der Waals surface area contributed by atoms with Crippen LogP contribution in [-0.4, -0.2) is 174 Å². The van der Waals surface area contributed by atoms with Gasteiger partial charge in [0.2, 0.25) is 0 Å². The van der Waals surface area contributed by atoms with Gasteiger partial charge in [0, 0.05) is 64.2 Å². The van der Waals surface area contributed by atoms with Crippen molar-refractivity contribution in [2.75, 3.05) is 46.3 Å². The van der Waals surface area contributed by atoms with Crippen molar-refractivity contribution < 1.29 is 81.8 Å². The molecule has 1 aliphatic heterocycles. The second-order valence-corrected chi connectivity index (χ2v) is 25.7. The van der Waals surface area contributed by atoms with Gasteiger partial charge in [0.05, 0.1) is 83.2 Å². The number of aromatic nitrogens is 2. The van der Waals surface area contributed by atoms with E-state index >= 15 is 14.4 Å². The quantitative estimate of drug-likeness (QED) is 0.0153. The summed E-state index contributed by atoms with van der Waals surface area (Å²) in [6, 6.07) is 26.4. The Morgan fingerprint density at radius 2 is 1.18 bits per heavy atom. The van der Waals surface area contributed by atoms with Crippen LogP contribution in [0.5, 0.6) is 0 Å². The van der Waals surface area contributed by atoms with Crippen LogP contribution in [0.3, 0.4) is 0 Å². The van der Waals surface area contributed by atoms with Gasteiger partial charge >= 0.3 is 30.2 Å². The van der Waals surface area contributed by atoms with E-state index in [1.807, 2.05) is 0 Å². The fourth-order valence-corrected chi connectivity index (χ4v) is 12.3. The molecule has 0 saturated heterocycles. The highest BCUT2D eigenvalue weighted by Gasteiger charge is 2.55. The molecule has 0 bridgehead atoms. The third-order valence-corrected chi connectivity index (χ3v) is 18.7. The average molecular weight is 1500 g/mol. The van der Waals surface area contributed by atoms with Crippen molar-refractivity contribution in [3.05, 3.63) is 223 Å². The number of nitrogens with two attached hydrogens (primary N) is 1. The summed E-state index contributed by atoms with van der Waals surface area (Å²) in [4.78, 5) is 106. The Labute approximate surface area is 610 Å². The summed E-state index contributed by atoms with van der Waals surface area (Å²) in [5, 5.41) is 68.8. The van der Waals surface area contributed by atoms with E-state index in [1.54, 1.807) is 72.8 Å². The minimum Gasteiger partial charge on any atom is -0.408 e. The first kappa shape index (κ1) is 78.2. The van der Waals surface area contributed by atoms with Crippen LogP contribution in [0.1, 0.15) is 76.3 Å². The predicted octanol–water partition coefficient (Wildman–Crippen LogP) is 9.65. The van der Waals surface area contributed by atoms with Gasteiger partial charge in [0.25, 0.3) is 11.7 Å². The number of anilines is 1. The van der Waals surface area contributed by atoms with Crippen LogP contribution in [0, 0.1) is 17.5 Å². The van der Waals surface area contributed by atoms with E-state index in [9.17, 15) is 53.1 Å². The summed E-state index contributed by atoms with van der Waals surface area (Å²) < 4.78 is 58.0. The molecule has 0 saturated carbocycles. The second kappa shape index (κ2) is 35.5. The number of nitrogens with zero attached hydrogens (tertiary/aromatic N) is 6. The van der Waals surface area contributed by atoms with Crippen LogP contribution >= 0.6 is 34.8 Å². The van der Waals surface area contributed by atoms with Gasteiger partial charge in [-0.25, -0.2) is 52.6 Å². The number of halogens is 6. The molecule has 1 aliphatic rings. The van der Waals surface area contributed by atoms with E-state index < -0.39 is 160 Å². The third kappa shape index (κ3) is 19.1. The molecule has 104 heavy (non-hydrogen) atoms. The summed E-state index contributed by atoms with van der Waals surface area (Å²) in [6.07, 6.45) is -6.98. The van der Waals surface area contributed by atoms with Gasteiger partial charge in [-0.1, -0.05) is 144 Å². The second-order valence-electron chi connectivity index (χ2n) is 24.6. The number of primary amides is 1. The van der Waals surface area contributed by atoms with Gasteiger partial charge in [-0.15, -0.1) is 0 Å². The summed E-state index contributed by atoms with van der Waals surface area (Å²) >= 11 is 18.9. The van der Waals surface area contributed by atoms with Gasteiger partial charge in [0.15, 0.2) is 0 Å². The monoisotopic (exact) mass is 1490 g/mol. The van der Waals surface area contributed by atoms with Crippen molar-refractivity contribution in [2.45, 2.75) is 101 Å². The summed E-state index contributed by atoms with van der Waals surface area (Å²) in [6.45, 7) is -2.63. The van der Waals surface area contributed by atoms with E-state index in [0.29, 0.717) is 32.7 Å². The summed E-state index contributed by atoms with van der Waals surface area (Å²) in [7, 11) is 3.80. The number of urea groups is 4. The zero-order chi connectivity index (χ0) is 75.1. The number of aliphatic hydroxyl groups excluding tert-OH is 5. The molecule has 2 unspecified atom stereocenters. The van der Waals surface area contributed by atoms with E-state index in [4.69, 9.17) is 54.8 Å². The molecule has 0 fully saturated rings. The molecule has 12 N–H and O–H groups in total. The van der Waals surface area contributed by atoms with E-state index in [2.05, 4.69) is 36.7 Å². The third-order valence-electron chi connectivity index (χ3n) is 17.4. The first-order chi connectivity index (χ1) is 49.7. The number of benzene rings is 6. The molecule has 0 aliphatic carbocycles. The Hall–Kier alpha value is -9.92. The number of fused-ring (bicyclic) bond motifs is 3. The van der Waals surface area contributed by atoms with Crippen LogP contribution in [0.15, 0.2) is 151 Å². The highest BCUT2D eigenvalue weighted by molar-refractivity contribution is 6.32. The maximum atomic E-state index is 15.7. The van der Waals surface area contributed by atoms with Crippen molar-refractivity contribution in [1.82, 2.24) is 51.0 Å². The van der Waals surface area contributed by atoms with Crippen molar-refractivity contribution in [3.63, 3.8) is 0 Å². The number of hydrogen-bond donors (Lipinski definition) is 11. The molecule has 3 heterocycles. The maximum absolute atomic E-state index is 15.7. The fraction of sp³-hybridized carbons (Fsp3) is 0.306. The van der Waals surface area contributed by atoms with Gasteiger partial charge in [0.1, 0.15) is 41.1 Å². The number of carbonyl (C=O) groups is 6. The van der Waals surface area contributed by atoms with Crippen LogP contribution in [0.25, 0.3) is 27.6 Å². The molecular weight excluding hydrogens is 1420 g/mol. The molecule has 26 nitrogen and oxygen atoms in total. The Morgan fingerprint density at radius 1 is 0.654 bits per heavy atom. The Balaban J connectivity index is 1.14. The minimum absolute atomic E-state index is 0.0926. The molecular formula is C72H76Cl3F3N12O14. The van der Waals surface area contributed by atoms with Crippen LogP contribution in [0.2, 0.25) is 15.1 Å². The summed E-state index contributed by atoms with van der Waals surface area (Å²) in [5.41, 5.74) is 8.52. The molecule has 8 atom stereocenters. The SMILES string of the molecule is C[C@H](O)C[C@@H](N(C)C(=O)NCc1cccc(F)c1Cl)C(OC[C@H](C[C@@H](O)CO)N(C)C(=O)NCc1cccc(F)c1Cl)(OC(=O)Nc1cc2ccccc2cn1)C1=Cc2ccccc2CN1C(=O)NOC[C@H](C[C@H](O)C(O)c1cc2ccccc2c(C(N)=O)n1)N(C)C(=O)NCc1cccc(F)c1Cl. The van der Waals surface area contributed by atoms with Crippen molar-refractivity contribution >= 4 is 104 Å². The molecule has 6 aromatic carbocycles. The lowest BCUT2D eigenvalue weighted by Gasteiger charge is -2.48. The first-order valence-corrected chi connectivity index (χ1v) is 33.6. The fourth-order valence-electron chi connectivity index (χ4n) is 11.7. The number of hydroxylamine groups is 1. The first-order valence-electron chi connectivity index (χ1n) is 32.5. The maximum Gasteiger partial charge on any atom is 0.415 e. The smallest absolute Gasteiger partial charge is 0.408 e. The number of aliphatic hydroxyl groups is 5. The van der Waals surface area contributed by atoms with Gasteiger partial charge in [-0.2, -0.15) is 0 Å². The van der Waals surface area contributed by atoms with Crippen LogP contribution < -0.4 is 32.5 Å². The van der Waals surface area contributed by atoms with E-state index in [-0.39, 0.29) is 62.1 Å². The molecule has 10 amide bonds. The van der Waals surface area contributed by atoms with E-state index in [0.717, 1.165) is 37.8 Å². The highest BCUT2D eigenvalue weighted by Crippen LogP contribution is 2.42. The molecule has 0 radical (unpaired) electrons. The molecule has 2 aromatic heterocycles. The topological polar surface area (TPSA) is 356 Å². The van der Waals surface area contributed by atoms with Crippen LogP contribution in [0.4, 0.5) is 43.0 Å². The minimum atomic E-state index is -2.99. The Kier molecular flexibility index (Phi) is 26.7. The molecule has 9 rings (SSSR count). The lowest BCUT2D eigenvalue weighted by Crippen LogP contribution is -2.64. The number of amides is 10. The molecule has 32 heteroatoms. The van der Waals surface area contributed by atoms with Gasteiger partial charge in [-0.3, -0.25) is 19.8 Å². The standard InChI is InChI=1S/C72H76Cl3F3N12O14/c1-40(92)26-58(89(4)69(99)83-35-47-21-13-25-55(78)63(47)75)72(104-71(101)85-60-29-42-15-5-7-17-44(42)32-80-60,102-38-49(30-51(93)37-91)87(2)67(97)81-33-45-19-11-23-53(76)61(45)73)59-28-41-14-6-8-18-48(41)36-90(59)70(100)86-103-39-50(88(3)68(98)82-34-46-20-12-24-54(77)62(46)74)31-57(94)65(95)56-27-43-16-9-10-22-52(43)64(84-56)66(79)96/h5-25,27-29,32,40,49-51,57-58,65,91-95H,26,30-31,33-39H2,1-4H3,(H2,79,96)(H,81,97)(H,82,98)(H,83,99)(H,86,100)(H,80,85,101)/t40-,49-,50-,51+,57-,58+,65?,72?/m0/s1. The average Bonchev–Trinajstić information content (AvgIpc) is 0.744. The molecule has 8 aromatic rings. The largest absolute Gasteiger partial charge is 0.415 e. The molecule has 0 spiro atoms. The highest BCUT2D eigenvalue weighted by atomic mass is 35.5. The van der Waals surface area contributed by atoms with Crippen molar-refractivity contribution in [1.29, 1.82) is 0 Å². The van der Waals surface area contributed by atoms with Crippen molar-refractivity contribution in [3.8, 4) is 0 Å². The number of likely N-dealkylation sites (N-methyl/N-ethyl adjacent to an activating group) is 3. The number of pyridine rings is 2. The number of hydrogen-bond acceptors (Lipinski definition) is 16. The summed E-state index contributed by atoms with van der Waals surface area (Å²) in [5.74, 6) is -6.36. The normalized spacial score (nSPS) is 14.6. The lowest BCUT2D eigenvalue weighted by atomic mass is 9.90. The van der Waals surface area contributed by atoms with E-state index in [1.165, 1.54) is 88.9 Å². The van der Waals surface area contributed by atoms with Gasteiger partial charge in [-0.05, 0) is 94.8 Å². The number of rotatable bonds is 29. The number of nitrogens with one attached hydrogen (secondary N) is 5. The predicted molar refractivity (Wildman–Crippen MR) is 380 cm³/mol. The number of ether oxygens (including phenoxy) is 2. The molecule has 550 valence electrons. The van der Waals surface area contributed by atoms with Crippen LogP contribution in [-0.2, 0) is 40.5 Å². The lowest BCUT2D eigenvalue weighted by molar-refractivity contribution is -0.223. The zero-order valence-corrected chi connectivity index (χ0v) is 58.8. The van der Waals surface area contributed by atoms with Crippen molar-refractivity contribution in [2.24, 2.45) is 5.73 Å². The zero-order valence-electron chi connectivity index (χ0n) is 56.5. The Morgan fingerprint density at radius 3 is 1.75 bits per heavy atom.